The van der Waals surface area contributed by atoms with Crippen LogP contribution >= 0.6 is 11.6 Å². The van der Waals surface area contributed by atoms with Crippen LogP contribution in [0.5, 0.6) is 0 Å². The largest absolute Gasteiger partial charge is 0.307 e. The molecule has 0 radical (unpaired) electrons. The van der Waals surface area contributed by atoms with Crippen LogP contribution in [0.1, 0.15) is 50.6 Å². The monoisotopic (exact) mass is 289 g/mol. The van der Waals surface area contributed by atoms with E-state index in [1.54, 1.807) is 0 Å². The second kappa shape index (κ2) is 5.03. The van der Waals surface area contributed by atoms with Crippen molar-refractivity contribution in [3.63, 3.8) is 0 Å². The normalized spacial score (nSPS) is 40.0. The molecular formula is C18H24ClN. The summed E-state index contributed by atoms with van der Waals surface area (Å²) in [5, 5.41) is 4.80. The van der Waals surface area contributed by atoms with Crippen molar-refractivity contribution < 1.29 is 0 Å². The summed E-state index contributed by atoms with van der Waals surface area (Å²) in [6, 6.07) is 9.48. The Hall–Kier alpha value is -0.530. The first-order chi connectivity index (χ1) is 9.69. The lowest BCUT2D eigenvalue weighted by Crippen LogP contribution is -2.54. The molecular weight excluding hydrogens is 266 g/mol. The molecule has 20 heavy (non-hydrogen) atoms. The third-order valence-electron chi connectivity index (χ3n) is 6.02. The van der Waals surface area contributed by atoms with Gasteiger partial charge in [-0.15, -0.1) is 0 Å². The van der Waals surface area contributed by atoms with Gasteiger partial charge in [-0.25, -0.2) is 0 Å². The number of nitrogens with one attached hydrogen (secondary N) is 1. The molecule has 2 heteroatoms. The molecule has 1 aromatic carbocycles. The maximum Gasteiger partial charge on any atom is 0.0409 e. The molecule has 4 aliphatic rings. The molecule has 0 heterocycles. The number of benzene rings is 1. The summed E-state index contributed by atoms with van der Waals surface area (Å²) in [4.78, 5) is 0. The summed E-state index contributed by atoms with van der Waals surface area (Å²) < 4.78 is 0. The highest BCUT2D eigenvalue weighted by Crippen LogP contribution is 2.54. The molecule has 108 valence electrons. The van der Waals surface area contributed by atoms with Gasteiger partial charge in [-0.2, -0.15) is 0 Å². The summed E-state index contributed by atoms with van der Waals surface area (Å²) in [6.07, 6.45) is 7.45. The lowest BCUT2D eigenvalue weighted by Gasteiger charge is -2.55. The molecule has 1 N–H and O–H groups in total. The van der Waals surface area contributed by atoms with Gasteiger partial charge in [0.25, 0.3) is 0 Å². The summed E-state index contributed by atoms with van der Waals surface area (Å²) >= 11 is 6.12. The van der Waals surface area contributed by atoms with Crippen LogP contribution < -0.4 is 5.32 Å². The van der Waals surface area contributed by atoms with Crippen LogP contribution in [0, 0.1) is 23.7 Å². The van der Waals surface area contributed by atoms with E-state index >= 15 is 0 Å². The molecule has 0 saturated heterocycles. The van der Waals surface area contributed by atoms with Crippen LogP contribution in [-0.4, -0.2) is 6.04 Å². The Balaban J connectivity index is 1.49. The fourth-order valence-corrected chi connectivity index (χ4v) is 5.56. The van der Waals surface area contributed by atoms with Crippen molar-refractivity contribution in [3.8, 4) is 0 Å². The average molecular weight is 290 g/mol. The van der Waals surface area contributed by atoms with E-state index in [2.05, 4.69) is 30.4 Å². The fourth-order valence-electron chi connectivity index (χ4n) is 5.36. The molecule has 0 amide bonds. The summed E-state index contributed by atoms with van der Waals surface area (Å²) in [5.41, 5.74) is 1.33. The zero-order chi connectivity index (χ0) is 13.7. The van der Waals surface area contributed by atoms with Gasteiger partial charge in [0.2, 0.25) is 0 Å². The van der Waals surface area contributed by atoms with Gasteiger partial charge in [0.05, 0.1) is 0 Å². The quantitative estimate of drug-likeness (QED) is 0.841. The molecule has 1 atom stereocenters. The number of halogens is 1. The Morgan fingerprint density at radius 2 is 1.70 bits per heavy atom. The number of hydrogen-bond acceptors (Lipinski definition) is 1. The van der Waals surface area contributed by atoms with E-state index in [0.717, 1.165) is 34.7 Å². The van der Waals surface area contributed by atoms with Gasteiger partial charge in [0.15, 0.2) is 0 Å². The van der Waals surface area contributed by atoms with E-state index < -0.39 is 0 Å². The number of hydrogen-bond donors (Lipinski definition) is 1. The molecule has 1 aromatic rings. The lowest BCUT2D eigenvalue weighted by molar-refractivity contribution is -0.0171. The highest BCUT2D eigenvalue weighted by Gasteiger charge is 2.48. The molecule has 4 saturated carbocycles. The van der Waals surface area contributed by atoms with Crippen molar-refractivity contribution in [2.75, 3.05) is 0 Å². The fraction of sp³-hybridized carbons (Fsp3) is 0.667. The van der Waals surface area contributed by atoms with E-state index in [9.17, 15) is 0 Å². The second-order valence-electron chi connectivity index (χ2n) is 7.40. The Bertz CT molecular complexity index is 470. The summed E-state index contributed by atoms with van der Waals surface area (Å²) in [6.45, 7) is 2.29. The van der Waals surface area contributed by atoms with Crippen molar-refractivity contribution >= 4 is 11.6 Å². The summed E-state index contributed by atoms with van der Waals surface area (Å²) in [5.74, 6) is 3.98. The van der Waals surface area contributed by atoms with Crippen molar-refractivity contribution in [2.45, 2.75) is 51.1 Å². The first-order valence-electron chi connectivity index (χ1n) is 8.20. The van der Waals surface area contributed by atoms with Crippen molar-refractivity contribution in [1.82, 2.24) is 5.32 Å². The average Bonchev–Trinajstić information content (AvgIpc) is 2.42. The molecule has 1 nitrogen and oxygen atoms in total. The molecule has 4 aliphatic carbocycles. The van der Waals surface area contributed by atoms with Crippen LogP contribution in [0.3, 0.4) is 0 Å². The van der Waals surface area contributed by atoms with E-state index in [1.807, 2.05) is 6.07 Å². The molecule has 0 aromatic heterocycles. The van der Waals surface area contributed by atoms with Crippen LogP contribution in [0.15, 0.2) is 24.3 Å². The first-order valence-corrected chi connectivity index (χ1v) is 8.58. The first kappa shape index (κ1) is 13.2. The van der Waals surface area contributed by atoms with Gasteiger partial charge in [-0.1, -0.05) is 23.7 Å². The van der Waals surface area contributed by atoms with Crippen molar-refractivity contribution in [2.24, 2.45) is 23.7 Å². The molecule has 5 rings (SSSR count). The van der Waals surface area contributed by atoms with Crippen LogP contribution in [0.4, 0.5) is 0 Å². The maximum absolute atomic E-state index is 6.12. The number of rotatable bonds is 3. The molecule has 0 unspecified atom stereocenters. The Kier molecular flexibility index (Phi) is 3.31. The molecule has 0 spiro atoms. The van der Waals surface area contributed by atoms with Gasteiger partial charge < -0.3 is 5.32 Å². The predicted molar refractivity (Wildman–Crippen MR) is 83.8 cm³/mol. The van der Waals surface area contributed by atoms with E-state index in [4.69, 9.17) is 11.6 Å². The maximum atomic E-state index is 6.12. The van der Waals surface area contributed by atoms with Crippen molar-refractivity contribution in [3.05, 3.63) is 34.9 Å². The topological polar surface area (TPSA) is 12.0 Å². The van der Waals surface area contributed by atoms with E-state index in [0.29, 0.717) is 6.04 Å². The van der Waals surface area contributed by atoms with Gasteiger partial charge in [0.1, 0.15) is 0 Å². The van der Waals surface area contributed by atoms with E-state index in [-0.39, 0.29) is 0 Å². The standard InChI is InChI=1S/C18H24ClN/c1-11(14-3-2-4-17(19)10-14)20-18-15-6-12-5-13(8-15)9-16(18)7-12/h2-4,10-13,15-16,18,20H,5-9H2,1H3/t11-,12?,13?,15?,16?,18?/m0/s1. The van der Waals surface area contributed by atoms with Gasteiger partial charge in [-0.05, 0) is 80.4 Å². The summed E-state index contributed by atoms with van der Waals surface area (Å²) in [7, 11) is 0. The predicted octanol–water partition coefficient (Wildman–Crippen LogP) is 4.82. The zero-order valence-corrected chi connectivity index (χ0v) is 12.9. The van der Waals surface area contributed by atoms with Crippen molar-refractivity contribution in [1.29, 1.82) is 0 Å². The highest BCUT2D eigenvalue weighted by molar-refractivity contribution is 6.30. The van der Waals surface area contributed by atoms with E-state index in [1.165, 1.54) is 37.7 Å². The second-order valence-corrected chi connectivity index (χ2v) is 7.84. The molecule has 4 bridgehead atoms. The smallest absolute Gasteiger partial charge is 0.0409 e. The Morgan fingerprint density at radius 3 is 2.30 bits per heavy atom. The third kappa shape index (κ3) is 2.29. The molecule has 0 aliphatic heterocycles. The highest BCUT2D eigenvalue weighted by atomic mass is 35.5. The Morgan fingerprint density at radius 1 is 1.05 bits per heavy atom. The minimum atomic E-state index is 0.413. The minimum Gasteiger partial charge on any atom is -0.307 e. The van der Waals surface area contributed by atoms with Crippen LogP contribution in [-0.2, 0) is 0 Å². The van der Waals surface area contributed by atoms with Crippen LogP contribution in [0.25, 0.3) is 0 Å². The van der Waals surface area contributed by atoms with Gasteiger partial charge >= 0.3 is 0 Å². The third-order valence-corrected chi connectivity index (χ3v) is 6.25. The lowest BCUT2D eigenvalue weighted by atomic mass is 9.54. The van der Waals surface area contributed by atoms with Gasteiger partial charge in [0, 0.05) is 17.1 Å². The molecule has 4 fully saturated rings. The Labute approximate surface area is 127 Å². The van der Waals surface area contributed by atoms with Gasteiger partial charge in [-0.3, -0.25) is 0 Å². The zero-order valence-electron chi connectivity index (χ0n) is 12.2. The SMILES string of the molecule is C[C@H](NC1C2CC3CC(C2)CC1C3)c1cccc(Cl)c1. The van der Waals surface area contributed by atoms with Crippen LogP contribution in [0.2, 0.25) is 5.02 Å². The minimum absolute atomic E-state index is 0.413.